The van der Waals surface area contributed by atoms with Crippen molar-refractivity contribution < 1.29 is 22.8 Å². The minimum atomic E-state index is -4.53. The number of carbonyl (C=O) groups is 2. The molecule has 0 saturated carbocycles. The first-order valence-corrected chi connectivity index (χ1v) is 9.33. The predicted octanol–water partition coefficient (Wildman–Crippen LogP) is 4.49. The van der Waals surface area contributed by atoms with E-state index in [9.17, 15) is 22.8 Å². The average Bonchev–Trinajstić information content (AvgIpc) is 2.99. The molecule has 1 aliphatic heterocycles. The van der Waals surface area contributed by atoms with Gasteiger partial charge in [0.2, 0.25) is 0 Å². The number of anilines is 1. The summed E-state index contributed by atoms with van der Waals surface area (Å²) in [5.74, 6) is -1.14. The van der Waals surface area contributed by atoms with Gasteiger partial charge in [-0.3, -0.25) is 19.5 Å². The number of pyridine rings is 1. The van der Waals surface area contributed by atoms with Crippen LogP contribution in [0, 0.1) is 0 Å². The van der Waals surface area contributed by atoms with Crippen molar-refractivity contribution in [2.75, 3.05) is 5.32 Å². The van der Waals surface area contributed by atoms with Crippen LogP contribution >= 0.6 is 0 Å². The first kappa shape index (κ1) is 20.3. The number of alkyl halides is 3. The van der Waals surface area contributed by atoms with Crippen LogP contribution in [0.3, 0.4) is 0 Å². The second-order valence-corrected chi connectivity index (χ2v) is 6.87. The van der Waals surface area contributed by atoms with E-state index in [1.807, 2.05) is 0 Å². The van der Waals surface area contributed by atoms with Crippen molar-refractivity contribution >= 4 is 23.1 Å². The van der Waals surface area contributed by atoms with Gasteiger partial charge in [-0.15, -0.1) is 0 Å². The molecule has 8 heteroatoms. The third-order valence-electron chi connectivity index (χ3n) is 4.78. The number of amides is 2. The van der Waals surface area contributed by atoms with Crippen LogP contribution in [0.15, 0.2) is 84.8 Å². The highest BCUT2D eigenvalue weighted by Gasteiger charge is 2.39. The molecule has 0 atom stereocenters. The standard InChI is InChI=1S/C23H16F3N3O2/c24-23(25,26)17-7-4-8-18(13-17)28-20-19(16-5-2-1-3-6-16)21(30)29(22(20)31)14-15-9-11-27-12-10-15/h1-13,28H,14H2. The van der Waals surface area contributed by atoms with Crippen LogP contribution in [0.2, 0.25) is 0 Å². The zero-order valence-electron chi connectivity index (χ0n) is 16.1. The van der Waals surface area contributed by atoms with Gasteiger partial charge >= 0.3 is 6.18 Å². The van der Waals surface area contributed by atoms with Crippen molar-refractivity contribution in [1.82, 2.24) is 9.88 Å². The second kappa shape index (κ2) is 8.06. The smallest absolute Gasteiger partial charge is 0.350 e. The highest BCUT2D eigenvalue weighted by atomic mass is 19.4. The Labute approximate surface area is 175 Å². The third-order valence-corrected chi connectivity index (χ3v) is 4.78. The molecule has 1 aromatic heterocycles. The van der Waals surface area contributed by atoms with E-state index in [1.54, 1.807) is 54.9 Å². The summed E-state index contributed by atoms with van der Waals surface area (Å²) in [7, 11) is 0. The zero-order valence-corrected chi connectivity index (χ0v) is 16.1. The largest absolute Gasteiger partial charge is 0.416 e. The molecule has 1 N–H and O–H groups in total. The molecule has 1 aliphatic rings. The van der Waals surface area contributed by atoms with Crippen molar-refractivity contribution in [3.8, 4) is 0 Å². The molecule has 2 aromatic carbocycles. The van der Waals surface area contributed by atoms with Gasteiger partial charge in [0.15, 0.2) is 0 Å². The molecule has 2 amide bonds. The fourth-order valence-electron chi connectivity index (χ4n) is 3.30. The molecule has 31 heavy (non-hydrogen) atoms. The molecular weight excluding hydrogens is 407 g/mol. The van der Waals surface area contributed by atoms with Crippen molar-refractivity contribution in [1.29, 1.82) is 0 Å². The van der Waals surface area contributed by atoms with E-state index in [0.29, 0.717) is 11.1 Å². The monoisotopic (exact) mass is 423 g/mol. The van der Waals surface area contributed by atoms with Crippen molar-refractivity contribution in [2.45, 2.75) is 12.7 Å². The summed E-state index contributed by atoms with van der Waals surface area (Å²) < 4.78 is 39.3. The summed E-state index contributed by atoms with van der Waals surface area (Å²) >= 11 is 0. The molecule has 4 rings (SSSR count). The lowest BCUT2D eigenvalue weighted by Crippen LogP contribution is -2.32. The Kier molecular flexibility index (Phi) is 5.29. The number of imide groups is 1. The zero-order chi connectivity index (χ0) is 22.0. The Balaban J connectivity index is 1.73. The fourth-order valence-corrected chi connectivity index (χ4v) is 3.30. The summed E-state index contributed by atoms with van der Waals surface area (Å²) in [6.45, 7) is 0.0181. The van der Waals surface area contributed by atoms with E-state index in [2.05, 4.69) is 10.3 Å². The highest BCUT2D eigenvalue weighted by Crippen LogP contribution is 2.34. The first-order valence-electron chi connectivity index (χ1n) is 9.33. The number of nitrogens with one attached hydrogen (secondary N) is 1. The topological polar surface area (TPSA) is 62.3 Å². The van der Waals surface area contributed by atoms with Crippen LogP contribution in [-0.2, 0) is 22.3 Å². The lowest BCUT2D eigenvalue weighted by molar-refractivity contribution is -0.138. The normalized spacial score (nSPS) is 14.4. The lowest BCUT2D eigenvalue weighted by atomic mass is 10.0. The quantitative estimate of drug-likeness (QED) is 0.614. The van der Waals surface area contributed by atoms with Gasteiger partial charge in [0.1, 0.15) is 5.70 Å². The van der Waals surface area contributed by atoms with E-state index in [0.717, 1.165) is 17.0 Å². The van der Waals surface area contributed by atoms with Crippen LogP contribution in [0.25, 0.3) is 5.57 Å². The van der Waals surface area contributed by atoms with Crippen molar-refractivity contribution in [2.24, 2.45) is 0 Å². The summed E-state index contributed by atoms with van der Waals surface area (Å²) in [5.41, 5.74) is 0.438. The molecule has 156 valence electrons. The summed E-state index contributed by atoms with van der Waals surface area (Å²) in [6.07, 6.45) is -1.43. The maximum atomic E-state index is 13.2. The minimum absolute atomic E-state index is 0.0181. The van der Waals surface area contributed by atoms with E-state index >= 15 is 0 Å². The molecule has 5 nitrogen and oxygen atoms in total. The number of benzene rings is 2. The number of carbonyl (C=O) groups excluding carboxylic acids is 2. The van der Waals surface area contributed by atoms with Crippen molar-refractivity contribution in [3.05, 3.63) is 102 Å². The predicted molar refractivity (Wildman–Crippen MR) is 108 cm³/mol. The summed E-state index contributed by atoms with van der Waals surface area (Å²) in [5, 5.41) is 2.75. The molecule has 0 bridgehead atoms. The number of aromatic nitrogens is 1. The summed E-state index contributed by atoms with van der Waals surface area (Å²) in [6, 6.07) is 16.4. The maximum Gasteiger partial charge on any atom is 0.416 e. The Hall–Kier alpha value is -3.94. The van der Waals surface area contributed by atoms with Crippen LogP contribution in [0.4, 0.5) is 18.9 Å². The number of rotatable bonds is 5. The highest BCUT2D eigenvalue weighted by molar-refractivity contribution is 6.36. The molecule has 0 saturated heterocycles. The van der Waals surface area contributed by atoms with E-state index < -0.39 is 23.6 Å². The number of nitrogens with zero attached hydrogens (tertiary/aromatic N) is 2. The molecule has 0 radical (unpaired) electrons. The van der Waals surface area contributed by atoms with Crippen LogP contribution in [-0.4, -0.2) is 21.7 Å². The Morgan fingerprint density at radius 3 is 2.26 bits per heavy atom. The van der Waals surface area contributed by atoms with Gasteiger partial charge in [-0.2, -0.15) is 13.2 Å². The number of halogens is 3. The molecule has 0 aliphatic carbocycles. The van der Waals surface area contributed by atoms with Gasteiger partial charge in [0, 0.05) is 18.1 Å². The maximum absolute atomic E-state index is 13.2. The number of hydrogen-bond acceptors (Lipinski definition) is 4. The van der Waals surface area contributed by atoms with Gasteiger partial charge in [0.25, 0.3) is 11.8 Å². The molecular formula is C23H16F3N3O2. The van der Waals surface area contributed by atoms with E-state index in [4.69, 9.17) is 0 Å². The molecule has 2 heterocycles. The van der Waals surface area contributed by atoms with E-state index in [1.165, 1.54) is 12.1 Å². The SMILES string of the molecule is O=C1C(Nc2cccc(C(F)(F)F)c2)=C(c2ccccc2)C(=O)N1Cc1ccncc1. The molecule has 3 aromatic rings. The second-order valence-electron chi connectivity index (χ2n) is 6.87. The molecule has 0 unspecified atom stereocenters. The lowest BCUT2D eigenvalue weighted by Gasteiger charge is -2.15. The van der Waals surface area contributed by atoms with Gasteiger partial charge < -0.3 is 5.32 Å². The average molecular weight is 423 g/mol. The Morgan fingerprint density at radius 1 is 0.871 bits per heavy atom. The number of hydrogen-bond donors (Lipinski definition) is 1. The van der Waals surface area contributed by atoms with Crippen LogP contribution < -0.4 is 5.32 Å². The Morgan fingerprint density at radius 2 is 1.58 bits per heavy atom. The van der Waals surface area contributed by atoms with E-state index in [-0.39, 0.29) is 23.5 Å². The molecule has 0 fully saturated rings. The molecule has 0 spiro atoms. The van der Waals surface area contributed by atoms with Gasteiger partial charge in [-0.25, -0.2) is 0 Å². The van der Waals surface area contributed by atoms with Crippen molar-refractivity contribution in [3.63, 3.8) is 0 Å². The first-order chi connectivity index (χ1) is 14.8. The third kappa shape index (κ3) is 4.18. The van der Waals surface area contributed by atoms with Crippen LogP contribution in [0.5, 0.6) is 0 Å². The van der Waals surface area contributed by atoms with Gasteiger partial charge in [-0.05, 0) is 41.5 Å². The van der Waals surface area contributed by atoms with Crippen LogP contribution in [0.1, 0.15) is 16.7 Å². The van der Waals surface area contributed by atoms with Gasteiger partial charge in [0.05, 0.1) is 17.7 Å². The minimum Gasteiger partial charge on any atom is -0.350 e. The Bertz CT molecular complexity index is 1160. The fraction of sp³-hybridized carbons (Fsp3) is 0.0870. The summed E-state index contributed by atoms with van der Waals surface area (Å²) in [4.78, 5) is 31.3. The van der Waals surface area contributed by atoms with Gasteiger partial charge in [-0.1, -0.05) is 36.4 Å².